The largest absolute Gasteiger partial charge is 0.465 e. The van der Waals surface area contributed by atoms with Crippen LogP contribution in [0.5, 0.6) is 0 Å². The molecule has 0 bridgehead atoms. The number of thioether (sulfide) groups is 1. The highest BCUT2D eigenvalue weighted by Gasteiger charge is 2.18. The van der Waals surface area contributed by atoms with Gasteiger partial charge in [-0.15, -0.1) is 11.8 Å². The third-order valence-electron chi connectivity index (χ3n) is 5.32. The normalized spacial score (nSPS) is 11.9. The molecule has 0 aliphatic heterocycles. The Bertz CT molecular complexity index is 1510. The minimum atomic E-state index is -0.561. The molecule has 0 aliphatic carbocycles. The van der Waals surface area contributed by atoms with Gasteiger partial charge in [0.2, 0.25) is 5.91 Å². The summed E-state index contributed by atoms with van der Waals surface area (Å²) in [5.74, 6) is -1.54. The molecule has 1 atom stereocenters. The summed E-state index contributed by atoms with van der Waals surface area (Å²) in [7, 11) is 0. The zero-order valence-electron chi connectivity index (χ0n) is 20.6. The van der Waals surface area contributed by atoms with Crippen LogP contribution in [0.1, 0.15) is 23.0 Å². The number of halogens is 2. The molecule has 1 aromatic heterocycles. The maximum Gasteiger partial charge on any atom is 0.272 e. The highest BCUT2D eigenvalue weighted by Crippen LogP contribution is 2.28. The third-order valence-corrected chi connectivity index (χ3v) is 6.91. The third kappa shape index (κ3) is 7.92. The van der Waals surface area contributed by atoms with Gasteiger partial charge in [0.15, 0.2) is 0 Å². The van der Waals surface area contributed by atoms with Crippen molar-refractivity contribution in [3.05, 3.63) is 119 Å². The van der Waals surface area contributed by atoms with E-state index in [9.17, 15) is 18.8 Å². The Hall–Kier alpha value is -4.15. The van der Waals surface area contributed by atoms with Crippen LogP contribution in [0.2, 0.25) is 0 Å². The van der Waals surface area contributed by atoms with Crippen molar-refractivity contribution in [2.75, 3.05) is 10.6 Å². The Morgan fingerprint density at radius 2 is 1.74 bits per heavy atom. The lowest BCUT2D eigenvalue weighted by Crippen LogP contribution is -2.30. The first-order chi connectivity index (χ1) is 18.8. The van der Waals surface area contributed by atoms with Gasteiger partial charge in [0, 0.05) is 26.7 Å². The van der Waals surface area contributed by atoms with E-state index in [1.54, 1.807) is 79.7 Å². The van der Waals surface area contributed by atoms with Gasteiger partial charge in [-0.2, -0.15) is 0 Å². The molecule has 0 saturated heterocycles. The lowest BCUT2D eigenvalue weighted by molar-refractivity contribution is -0.115. The van der Waals surface area contributed by atoms with Crippen molar-refractivity contribution in [3.8, 4) is 0 Å². The molecule has 0 saturated carbocycles. The molecule has 0 fully saturated rings. The zero-order valence-corrected chi connectivity index (χ0v) is 23.0. The number of hydrogen-bond acceptors (Lipinski definition) is 5. The Morgan fingerprint density at radius 3 is 2.46 bits per heavy atom. The molecule has 4 rings (SSSR count). The predicted octanol–water partition coefficient (Wildman–Crippen LogP) is 6.71. The summed E-state index contributed by atoms with van der Waals surface area (Å²) >= 11 is 4.44. The summed E-state index contributed by atoms with van der Waals surface area (Å²) in [6, 6.07) is 23.2. The minimum absolute atomic E-state index is 0.0128. The quantitative estimate of drug-likeness (QED) is 0.145. The number of benzene rings is 3. The average Bonchev–Trinajstić information content (AvgIpc) is 3.43. The fourth-order valence-corrected chi connectivity index (χ4v) is 4.65. The van der Waals surface area contributed by atoms with Gasteiger partial charge in [-0.05, 0) is 67.6 Å². The van der Waals surface area contributed by atoms with Crippen molar-refractivity contribution < 1.29 is 23.2 Å². The van der Waals surface area contributed by atoms with E-state index >= 15 is 0 Å². The molecule has 39 heavy (non-hydrogen) atoms. The van der Waals surface area contributed by atoms with E-state index in [0.717, 1.165) is 0 Å². The van der Waals surface area contributed by atoms with E-state index < -0.39 is 22.9 Å². The molecule has 0 spiro atoms. The number of anilines is 2. The van der Waals surface area contributed by atoms with Crippen molar-refractivity contribution in [2.24, 2.45) is 0 Å². The second-order valence-corrected chi connectivity index (χ2v) is 10.6. The molecule has 0 radical (unpaired) electrons. The summed E-state index contributed by atoms with van der Waals surface area (Å²) in [6.45, 7) is 1.70. The molecule has 3 N–H and O–H groups in total. The maximum atomic E-state index is 14.1. The molecule has 1 heterocycles. The van der Waals surface area contributed by atoms with Crippen molar-refractivity contribution in [2.45, 2.75) is 17.1 Å². The fraction of sp³-hybridized carbons (Fsp3) is 0.0690. The van der Waals surface area contributed by atoms with E-state index in [-0.39, 0.29) is 17.3 Å². The number of furan rings is 1. The lowest BCUT2D eigenvalue weighted by atomic mass is 10.2. The molecule has 4 aromatic rings. The highest BCUT2D eigenvalue weighted by molar-refractivity contribution is 9.10. The summed E-state index contributed by atoms with van der Waals surface area (Å²) in [4.78, 5) is 39.2. The fourth-order valence-electron chi connectivity index (χ4n) is 3.39. The summed E-state index contributed by atoms with van der Waals surface area (Å²) in [5.41, 5.74) is 0.923. The van der Waals surface area contributed by atoms with Gasteiger partial charge < -0.3 is 20.4 Å². The van der Waals surface area contributed by atoms with E-state index in [0.29, 0.717) is 26.4 Å². The number of carbonyl (C=O) groups excluding carboxylic acids is 3. The van der Waals surface area contributed by atoms with Crippen LogP contribution in [0.15, 0.2) is 111 Å². The molecular formula is C29H23BrFN3O4S. The number of rotatable bonds is 9. The average molecular weight is 608 g/mol. The monoisotopic (exact) mass is 607 g/mol. The molecule has 3 amide bonds. The highest BCUT2D eigenvalue weighted by atomic mass is 79.9. The molecular weight excluding hydrogens is 585 g/mol. The molecule has 7 nitrogen and oxygen atoms in total. The summed E-state index contributed by atoms with van der Waals surface area (Å²) < 4.78 is 20.0. The van der Waals surface area contributed by atoms with E-state index in [2.05, 4.69) is 31.9 Å². The van der Waals surface area contributed by atoms with Gasteiger partial charge in [-0.25, -0.2) is 4.39 Å². The van der Waals surface area contributed by atoms with Crippen LogP contribution in [-0.2, 0) is 9.59 Å². The molecule has 0 aliphatic rings. The van der Waals surface area contributed by atoms with Gasteiger partial charge >= 0.3 is 0 Å². The summed E-state index contributed by atoms with van der Waals surface area (Å²) in [6.07, 6.45) is 2.89. The van der Waals surface area contributed by atoms with E-state index in [4.69, 9.17) is 4.42 Å². The number of nitrogens with one attached hydrogen (secondary N) is 3. The number of carbonyl (C=O) groups is 3. The van der Waals surface area contributed by atoms with Crippen LogP contribution in [-0.4, -0.2) is 23.0 Å². The smallest absolute Gasteiger partial charge is 0.272 e. The van der Waals surface area contributed by atoms with Gasteiger partial charge in [0.25, 0.3) is 11.8 Å². The second-order valence-electron chi connectivity index (χ2n) is 8.25. The van der Waals surface area contributed by atoms with Crippen LogP contribution < -0.4 is 16.0 Å². The molecule has 10 heteroatoms. The SMILES string of the molecule is CC(Sc1cccc(NC(=O)/C(=C/c2ccco2)NC(=O)c2ccccc2)c1)C(=O)Nc1ccc(Br)cc1F. The first kappa shape index (κ1) is 27.9. The summed E-state index contributed by atoms with van der Waals surface area (Å²) in [5, 5.41) is 7.45. The van der Waals surface area contributed by atoms with Gasteiger partial charge in [-0.1, -0.05) is 40.2 Å². The van der Waals surface area contributed by atoms with Crippen LogP contribution in [0.25, 0.3) is 6.08 Å². The number of hydrogen-bond donors (Lipinski definition) is 3. The molecule has 3 aromatic carbocycles. The Balaban J connectivity index is 1.44. The van der Waals surface area contributed by atoms with Crippen LogP contribution in [0, 0.1) is 5.82 Å². The maximum absolute atomic E-state index is 14.1. The Morgan fingerprint density at radius 1 is 0.949 bits per heavy atom. The van der Waals surface area contributed by atoms with E-state index in [1.165, 1.54) is 36.2 Å². The van der Waals surface area contributed by atoms with Gasteiger partial charge in [0.05, 0.1) is 17.2 Å². The van der Waals surface area contributed by atoms with Crippen LogP contribution >= 0.6 is 27.7 Å². The van der Waals surface area contributed by atoms with Crippen molar-refractivity contribution >= 4 is 62.9 Å². The minimum Gasteiger partial charge on any atom is -0.465 e. The van der Waals surface area contributed by atoms with Crippen molar-refractivity contribution in [1.29, 1.82) is 0 Å². The first-order valence-corrected chi connectivity index (χ1v) is 13.4. The predicted molar refractivity (Wildman–Crippen MR) is 154 cm³/mol. The van der Waals surface area contributed by atoms with Crippen LogP contribution in [0.4, 0.5) is 15.8 Å². The van der Waals surface area contributed by atoms with E-state index in [1.807, 2.05) is 0 Å². The van der Waals surface area contributed by atoms with Gasteiger partial charge in [-0.3, -0.25) is 14.4 Å². The first-order valence-electron chi connectivity index (χ1n) is 11.7. The standard InChI is InChI=1S/C29H23BrFN3O4S/c1-18(27(35)33-25-13-12-20(30)15-24(25)31)39-23-11-5-9-21(16-23)32-29(37)26(17-22-10-6-14-38-22)34-28(36)19-7-3-2-4-8-19/h2-18H,1H3,(H,32,37)(H,33,35)(H,34,36)/b26-17-. The van der Waals surface area contributed by atoms with Crippen molar-refractivity contribution in [3.63, 3.8) is 0 Å². The van der Waals surface area contributed by atoms with Crippen LogP contribution in [0.3, 0.4) is 0 Å². The topological polar surface area (TPSA) is 100 Å². The van der Waals surface area contributed by atoms with Gasteiger partial charge in [0.1, 0.15) is 17.3 Å². The zero-order chi connectivity index (χ0) is 27.8. The number of amides is 3. The van der Waals surface area contributed by atoms with Crippen molar-refractivity contribution in [1.82, 2.24) is 5.32 Å². The Labute approximate surface area is 237 Å². The molecule has 1 unspecified atom stereocenters. The Kier molecular flexibility index (Phi) is 9.35. The molecule has 198 valence electrons. The lowest BCUT2D eigenvalue weighted by Gasteiger charge is -2.14. The second kappa shape index (κ2) is 13.1.